The van der Waals surface area contributed by atoms with Crippen molar-refractivity contribution in [3.8, 4) is 0 Å². The Morgan fingerprint density at radius 2 is 1.61 bits per heavy atom. The van der Waals surface area contributed by atoms with Crippen LogP contribution in [0.3, 0.4) is 0 Å². The topological polar surface area (TPSA) is 46.2 Å². The zero-order chi connectivity index (χ0) is 12.6. The predicted octanol–water partition coefficient (Wildman–Crippen LogP) is 3.23. The summed E-state index contributed by atoms with van der Waals surface area (Å²) in [6.45, 7) is 0.695. The maximum Gasteiger partial charge on any atom is 0.0718 e. The van der Waals surface area contributed by atoms with E-state index in [4.69, 9.17) is 5.73 Å². The van der Waals surface area contributed by atoms with E-state index < -0.39 is 5.60 Å². The lowest BCUT2D eigenvalue weighted by Crippen LogP contribution is -2.56. The van der Waals surface area contributed by atoms with Crippen molar-refractivity contribution in [3.63, 3.8) is 0 Å². The zero-order valence-corrected chi connectivity index (χ0v) is 11.7. The summed E-state index contributed by atoms with van der Waals surface area (Å²) in [5.74, 6) is 1.74. The first-order valence-corrected chi connectivity index (χ1v) is 8.12. The molecule has 3 saturated carbocycles. The molecule has 3 fully saturated rings. The van der Waals surface area contributed by atoms with Gasteiger partial charge in [0.15, 0.2) is 0 Å². The van der Waals surface area contributed by atoms with E-state index in [2.05, 4.69) is 0 Å². The van der Waals surface area contributed by atoms with Gasteiger partial charge in [0.05, 0.1) is 5.60 Å². The summed E-state index contributed by atoms with van der Waals surface area (Å²) >= 11 is 0. The molecule has 18 heavy (non-hydrogen) atoms. The molecule has 104 valence electrons. The molecule has 0 radical (unpaired) electrons. The molecule has 3 aliphatic rings. The van der Waals surface area contributed by atoms with Gasteiger partial charge in [0.2, 0.25) is 0 Å². The van der Waals surface area contributed by atoms with Crippen molar-refractivity contribution in [2.45, 2.75) is 76.2 Å². The van der Waals surface area contributed by atoms with Crippen LogP contribution in [0, 0.1) is 17.3 Å². The van der Waals surface area contributed by atoms with E-state index in [9.17, 15) is 5.11 Å². The summed E-state index contributed by atoms with van der Waals surface area (Å²) in [7, 11) is 0. The molecular weight excluding hydrogens is 222 g/mol. The Morgan fingerprint density at radius 1 is 0.889 bits per heavy atom. The van der Waals surface area contributed by atoms with Crippen LogP contribution in [0.4, 0.5) is 0 Å². The van der Waals surface area contributed by atoms with Gasteiger partial charge in [-0.05, 0) is 56.8 Å². The van der Waals surface area contributed by atoms with Gasteiger partial charge in [-0.15, -0.1) is 0 Å². The van der Waals surface area contributed by atoms with E-state index in [1.165, 1.54) is 44.9 Å². The Hall–Kier alpha value is -0.0800. The fourth-order valence-electron chi connectivity index (χ4n) is 4.83. The van der Waals surface area contributed by atoms with Gasteiger partial charge in [-0.3, -0.25) is 0 Å². The fourth-order valence-corrected chi connectivity index (χ4v) is 4.83. The Bertz CT molecular complexity index is 293. The van der Waals surface area contributed by atoms with Crippen molar-refractivity contribution in [3.05, 3.63) is 0 Å². The monoisotopic (exact) mass is 251 g/mol. The molecule has 3 aliphatic carbocycles. The molecule has 2 atom stereocenters. The number of nitrogens with two attached hydrogens (primary N) is 1. The second kappa shape index (κ2) is 4.79. The third-order valence-electron chi connectivity index (χ3n) is 6.24. The Kier molecular flexibility index (Phi) is 3.44. The molecule has 0 saturated heterocycles. The van der Waals surface area contributed by atoms with Crippen LogP contribution in [0.25, 0.3) is 0 Å². The predicted molar refractivity (Wildman–Crippen MR) is 74.2 cm³/mol. The first kappa shape index (κ1) is 12.9. The molecule has 2 heteroatoms. The van der Waals surface area contributed by atoms with Crippen LogP contribution in [0.5, 0.6) is 0 Å². The lowest BCUT2D eigenvalue weighted by atomic mass is 9.57. The molecule has 0 aliphatic heterocycles. The van der Waals surface area contributed by atoms with Gasteiger partial charge in [0, 0.05) is 12.0 Å². The highest BCUT2D eigenvalue weighted by molar-refractivity contribution is 5.05. The highest BCUT2D eigenvalue weighted by Gasteiger charge is 2.52. The number of hydrogen-bond acceptors (Lipinski definition) is 2. The van der Waals surface area contributed by atoms with Gasteiger partial charge in [0.1, 0.15) is 0 Å². The second-order valence-electron chi connectivity index (χ2n) is 7.27. The number of aliphatic hydroxyl groups is 1. The first-order valence-electron chi connectivity index (χ1n) is 8.12. The van der Waals surface area contributed by atoms with E-state index in [0.717, 1.165) is 37.5 Å². The van der Waals surface area contributed by atoms with Crippen LogP contribution in [0.15, 0.2) is 0 Å². The largest absolute Gasteiger partial charge is 0.389 e. The SMILES string of the molecule is NCC1(C2(O)CCCC(C3CC3)C2)CCCCC1. The molecule has 0 bridgehead atoms. The third-order valence-corrected chi connectivity index (χ3v) is 6.24. The number of rotatable bonds is 3. The van der Waals surface area contributed by atoms with Gasteiger partial charge in [-0.2, -0.15) is 0 Å². The Labute approximate surface area is 111 Å². The Morgan fingerprint density at radius 3 is 2.22 bits per heavy atom. The van der Waals surface area contributed by atoms with Crippen molar-refractivity contribution in [2.75, 3.05) is 6.54 Å². The van der Waals surface area contributed by atoms with Crippen molar-refractivity contribution in [1.82, 2.24) is 0 Å². The van der Waals surface area contributed by atoms with E-state index in [1.807, 2.05) is 0 Å². The van der Waals surface area contributed by atoms with Crippen LogP contribution < -0.4 is 5.73 Å². The van der Waals surface area contributed by atoms with Crippen molar-refractivity contribution >= 4 is 0 Å². The van der Waals surface area contributed by atoms with Crippen molar-refractivity contribution < 1.29 is 5.11 Å². The minimum absolute atomic E-state index is 0.0544. The summed E-state index contributed by atoms with van der Waals surface area (Å²) in [5, 5.41) is 11.3. The van der Waals surface area contributed by atoms with Gasteiger partial charge in [0.25, 0.3) is 0 Å². The smallest absolute Gasteiger partial charge is 0.0718 e. The van der Waals surface area contributed by atoms with Crippen LogP contribution >= 0.6 is 0 Å². The number of hydrogen-bond donors (Lipinski definition) is 2. The van der Waals surface area contributed by atoms with E-state index in [0.29, 0.717) is 6.54 Å². The molecule has 0 spiro atoms. The highest BCUT2D eigenvalue weighted by Crippen LogP contribution is 2.55. The summed E-state index contributed by atoms with van der Waals surface area (Å²) in [4.78, 5) is 0. The standard InChI is InChI=1S/C16H29NO/c17-12-15(8-2-1-3-9-15)16(18)10-4-5-14(11-16)13-6-7-13/h13-14,18H,1-12,17H2. The minimum Gasteiger partial charge on any atom is -0.389 e. The average molecular weight is 251 g/mol. The van der Waals surface area contributed by atoms with Crippen LogP contribution in [-0.4, -0.2) is 17.3 Å². The van der Waals surface area contributed by atoms with Gasteiger partial charge in [-0.1, -0.05) is 25.7 Å². The minimum atomic E-state index is -0.437. The summed E-state index contributed by atoms with van der Waals surface area (Å²) in [6.07, 6.45) is 13.7. The Balaban J connectivity index is 1.77. The molecule has 0 aromatic rings. The summed E-state index contributed by atoms with van der Waals surface area (Å²) in [6, 6.07) is 0. The maximum absolute atomic E-state index is 11.3. The average Bonchev–Trinajstić information content (AvgIpc) is 3.24. The molecule has 0 heterocycles. The molecule has 3 N–H and O–H groups in total. The van der Waals surface area contributed by atoms with Crippen LogP contribution in [-0.2, 0) is 0 Å². The highest BCUT2D eigenvalue weighted by atomic mass is 16.3. The molecule has 0 aromatic heterocycles. The van der Waals surface area contributed by atoms with Crippen molar-refractivity contribution in [2.24, 2.45) is 23.0 Å². The first-order chi connectivity index (χ1) is 8.69. The second-order valence-corrected chi connectivity index (χ2v) is 7.27. The molecule has 3 rings (SSSR count). The molecule has 2 unspecified atom stereocenters. The maximum atomic E-state index is 11.3. The van der Waals surface area contributed by atoms with Gasteiger partial charge >= 0.3 is 0 Å². The lowest BCUT2D eigenvalue weighted by molar-refractivity contribution is -0.134. The van der Waals surface area contributed by atoms with Gasteiger partial charge in [-0.25, -0.2) is 0 Å². The van der Waals surface area contributed by atoms with E-state index >= 15 is 0 Å². The zero-order valence-electron chi connectivity index (χ0n) is 11.7. The van der Waals surface area contributed by atoms with E-state index in [1.54, 1.807) is 0 Å². The van der Waals surface area contributed by atoms with Gasteiger partial charge < -0.3 is 10.8 Å². The van der Waals surface area contributed by atoms with E-state index in [-0.39, 0.29) is 5.41 Å². The van der Waals surface area contributed by atoms with Crippen LogP contribution in [0.1, 0.15) is 70.6 Å². The summed E-state index contributed by atoms with van der Waals surface area (Å²) in [5.41, 5.74) is 5.75. The normalized spacial score (nSPS) is 40.7. The fraction of sp³-hybridized carbons (Fsp3) is 1.00. The molecule has 0 amide bonds. The molecular formula is C16H29NO. The summed E-state index contributed by atoms with van der Waals surface area (Å²) < 4.78 is 0. The molecule has 0 aromatic carbocycles. The van der Waals surface area contributed by atoms with Crippen molar-refractivity contribution in [1.29, 1.82) is 0 Å². The quantitative estimate of drug-likeness (QED) is 0.809. The lowest BCUT2D eigenvalue weighted by Gasteiger charge is -2.53. The van der Waals surface area contributed by atoms with Crippen LogP contribution in [0.2, 0.25) is 0 Å². The third kappa shape index (κ3) is 2.12. The molecule has 2 nitrogen and oxygen atoms in total.